The van der Waals surface area contributed by atoms with Gasteiger partial charge in [0.2, 0.25) is 5.91 Å². The Bertz CT molecular complexity index is 741. The van der Waals surface area contributed by atoms with E-state index in [2.05, 4.69) is 27.9 Å². The van der Waals surface area contributed by atoms with Gasteiger partial charge < -0.3 is 21.2 Å². The van der Waals surface area contributed by atoms with Crippen molar-refractivity contribution in [2.45, 2.75) is 69.9 Å². The maximum atomic E-state index is 12.3. The maximum absolute atomic E-state index is 12.3. The van der Waals surface area contributed by atoms with Gasteiger partial charge in [-0.25, -0.2) is 0 Å². The Morgan fingerprint density at radius 2 is 1.96 bits per heavy atom. The second-order valence-electron chi connectivity index (χ2n) is 7.79. The van der Waals surface area contributed by atoms with Crippen molar-refractivity contribution >= 4 is 17.6 Å². The molecule has 7 nitrogen and oxygen atoms in total. The van der Waals surface area contributed by atoms with E-state index in [1.165, 1.54) is 18.1 Å². The maximum Gasteiger partial charge on any atom is 0.261 e. The first-order valence-electron chi connectivity index (χ1n) is 10.1. The summed E-state index contributed by atoms with van der Waals surface area (Å²) in [6, 6.07) is 8.21. The minimum atomic E-state index is -0.664. The Balaban J connectivity index is 1.56. The van der Waals surface area contributed by atoms with Gasteiger partial charge >= 0.3 is 0 Å². The first-order chi connectivity index (χ1) is 13.5. The van der Waals surface area contributed by atoms with Crippen molar-refractivity contribution in [2.75, 3.05) is 6.61 Å². The number of carbonyl (C=O) groups is 2. The minimum Gasteiger partial charge on any atom is -0.384 e. The van der Waals surface area contributed by atoms with Crippen LogP contribution in [0.1, 0.15) is 69.0 Å². The number of carbonyl (C=O) groups excluding carboxylic acids is 2. The molecule has 1 atom stereocenters. The zero-order valence-electron chi connectivity index (χ0n) is 16.5. The van der Waals surface area contributed by atoms with E-state index in [9.17, 15) is 9.59 Å². The summed E-state index contributed by atoms with van der Waals surface area (Å²) in [6.45, 7) is 1.27. The topological polar surface area (TPSA) is 106 Å². The summed E-state index contributed by atoms with van der Waals surface area (Å²) >= 11 is 0. The highest BCUT2D eigenvalue weighted by atomic mass is 16.6. The van der Waals surface area contributed by atoms with Gasteiger partial charge in [0.05, 0.1) is 6.04 Å². The van der Waals surface area contributed by atoms with Gasteiger partial charge in [-0.1, -0.05) is 48.7 Å². The van der Waals surface area contributed by atoms with Crippen LogP contribution in [0.25, 0.3) is 0 Å². The summed E-state index contributed by atoms with van der Waals surface area (Å²) in [5.74, 6) is -0.137. The summed E-state index contributed by atoms with van der Waals surface area (Å²) in [6.07, 6.45) is 7.53. The molecule has 1 aromatic rings. The number of fused-ring (bicyclic) bond motifs is 1. The molecule has 2 amide bonds. The number of amides is 2. The normalized spacial score (nSPS) is 21.3. The van der Waals surface area contributed by atoms with Crippen LogP contribution in [0.4, 0.5) is 0 Å². The van der Waals surface area contributed by atoms with Gasteiger partial charge in [-0.05, 0) is 43.2 Å². The van der Waals surface area contributed by atoms with Crippen molar-refractivity contribution < 1.29 is 14.4 Å². The van der Waals surface area contributed by atoms with Crippen LogP contribution in [0, 0.1) is 0 Å². The van der Waals surface area contributed by atoms with E-state index in [4.69, 9.17) is 10.6 Å². The Labute approximate surface area is 166 Å². The van der Waals surface area contributed by atoms with Crippen LogP contribution in [-0.2, 0) is 20.8 Å². The highest BCUT2D eigenvalue weighted by Crippen LogP contribution is 2.30. The van der Waals surface area contributed by atoms with Crippen molar-refractivity contribution in [1.82, 2.24) is 10.6 Å². The van der Waals surface area contributed by atoms with Crippen molar-refractivity contribution in [3.8, 4) is 0 Å². The first-order valence-corrected chi connectivity index (χ1v) is 10.1. The molecular weight excluding hydrogens is 356 g/mol. The molecule has 0 aromatic heterocycles. The predicted molar refractivity (Wildman–Crippen MR) is 107 cm³/mol. The molecule has 2 aliphatic carbocycles. The molecule has 1 saturated carbocycles. The van der Waals surface area contributed by atoms with Crippen LogP contribution in [0.5, 0.6) is 0 Å². The molecule has 1 fully saturated rings. The summed E-state index contributed by atoms with van der Waals surface area (Å²) in [5.41, 5.74) is 7.95. The number of nitrogens with two attached hydrogens (primary N) is 1. The number of amidine groups is 1. The molecule has 28 heavy (non-hydrogen) atoms. The molecule has 0 aliphatic heterocycles. The molecule has 7 heteroatoms. The number of hydrogen-bond acceptors (Lipinski definition) is 4. The highest BCUT2D eigenvalue weighted by Gasteiger charge is 2.37. The van der Waals surface area contributed by atoms with E-state index in [0.717, 1.165) is 51.4 Å². The van der Waals surface area contributed by atoms with Crippen molar-refractivity contribution in [1.29, 1.82) is 0 Å². The minimum absolute atomic E-state index is 0.00597. The lowest BCUT2D eigenvalue weighted by molar-refractivity contribution is -0.126. The zero-order chi connectivity index (χ0) is 20.0. The molecule has 0 heterocycles. The average molecular weight is 386 g/mol. The van der Waals surface area contributed by atoms with Gasteiger partial charge in [0.1, 0.15) is 5.54 Å². The van der Waals surface area contributed by atoms with Gasteiger partial charge in [0.25, 0.3) is 5.91 Å². The van der Waals surface area contributed by atoms with Crippen molar-refractivity contribution in [2.24, 2.45) is 10.9 Å². The third kappa shape index (κ3) is 4.82. The van der Waals surface area contributed by atoms with E-state index >= 15 is 0 Å². The molecule has 4 N–H and O–H groups in total. The number of hydrogen-bond donors (Lipinski definition) is 3. The van der Waals surface area contributed by atoms with Crippen LogP contribution in [-0.4, -0.2) is 29.8 Å². The second kappa shape index (κ2) is 9.08. The van der Waals surface area contributed by atoms with Gasteiger partial charge in [0, 0.05) is 6.92 Å². The predicted octanol–water partition coefficient (Wildman–Crippen LogP) is 2.31. The average Bonchev–Trinajstić information content (AvgIpc) is 2.68. The lowest BCUT2D eigenvalue weighted by Crippen LogP contribution is -2.58. The monoisotopic (exact) mass is 386 g/mol. The summed E-state index contributed by atoms with van der Waals surface area (Å²) in [5, 5.41) is 9.93. The van der Waals surface area contributed by atoms with E-state index < -0.39 is 5.54 Å². The quantitative estimate of drug-likeness (QED) is 0.396. The third-order valence-corrected chi connectivity index (χ3v) is 5.68. The van der Waals surface area contributed by atoms with E-state index in [1.807, 2.05) is 12.1 Å². The van der Waals surface area contributed by atoms with E-state index in [1.54, 1.807) is 0 Å². The highest BCUT2D eigenvalue weighted by molar-refractivity contribution is 5.93. The number of benzene rings is 1. The van der Waals surface area contributed by atoms with Gasteiger partial charge in [-0.3, -0.25) is 9.59 Å². The fourth-order valence-electron chi connectivity index (χ4n) is 4.33. The van der Waals surface area contributed by atoms with Crippen LogP contribution < -0.4 is 16.4 Å². The SMILES string of the molecule is CC(=O)NC1(/C(N)=N/OCC(=O)NC2CCCc3ccccc32)CCCCC1. The Hall–Kier alpha value is -2.57. The Kier molecular flexibility index (Phi) is 6.54. The molecule has 0 saturated heterocycles. The second-order valence-corrected chi connectivity index (χ2v) is 7.79. The Morgan fingerprint density at radius 3 is 2.71 bits per heavy atom. The molecule has 3 rings (SSSR count). The smallest absolute Gasteiger partial charge is 0.261 e. The lowest BCUT2D eigenvalue weighted by atomic mass is 9.80. The summed E-state index contributed by atoms with van der Waals surface area (Å²) in [7, 11) is 0. The number of aryl methyl sites for hydroxylation is 1. The molecular formula is C21H30N4O3. The van der Waals surface area contributed by atoms with Crippen LogP contribution >= 0.6 is 0 Å². The fraction of sp³-hybridized carbons (Fsp3) is 0.571. The Morgan fingerprint density at radius 1 is 1.21 bits per heavy atom. The molecule has 1 aromatic carbocycles. The first kappa shape index (κ1) is 20.2. The zero-order valence-corrected chi connectivity index (χ0v) is 16.5. The standard InChI is InChI=1S/C21H30N4O3/c1-15(26)24-21(12-5-2-6-13-21)20(22)25-28-14-19(27)23-18-11-7-9-16-8-3-4-10-17(16)18/h3-4,8,10,18H,2,5-7,9,11-14H2,1H3,(H2,22,25)(H,23,27)(H,24,26). The van der Waals surface area contributed by atoms with E-state index in [-0.39, 0.29) is 30.3 Å². The summed E-state index contributed by atoms with van der Waals surface area (Å²) < 4.78 is 0. The number of rotatable bonds is 6. The molecule has 0 radical (unpaired) electrons. The fourth-order valence-corrected chi connectivity index (χ4v) is 4.33. The third-order valence-electron chi connectivity index (χ3n) is 5.68. The van der Waals surface area contributed by atoms with Crippen molar-refractivity contribution in [3.63, 3.8) is 0 Å². The van der Waals surface area contributed by atoms with Gasteiger partial charge in [-0.15, -0.1) is 0 Å². The van der Waals surface area contributed by atoms with E-state index in [0.29, 0.717) is 0 Å². The van der Waals surface area contributed by atoms with Gasteiger partial charge in [0.15, 0.2) is 12.4 Å². The van der Waals surface area contributed by atoms with Crippen LogP contribution in [0.3, 0.4) is 0 Å². The molecule has 152 valence electrons. The van der Waals surface area contributed by atoms with Gasteiger partial charge in [-0.2, -0.15) is 0 Å². The summed E-state index contributed by atoms with van der Waals surface area (Å²) in [4.78, 5) is 29.2. The molecule has 0 spiro atoms. The largest absolute Gasteiger partial charge is 0.384 e. The number of nitrogens with one attached hydrogen (secondary N) is 2. The molecule has 0 bridgehead atoms. The number of nitrogens with zero attached hydrogens (tertiary/aromatic N) is 1. The van der Waals surface area contributed by atoms with Crippen LogP contribution in [0.15, 0.2) is 29.4 Å². The van der Waals surface area contributed by atoms with Crippen LogP contribution in [0.2, 0.25) is 0 Å². The lowest BCUT2D eigenvalue weighted by Gasteiger charge is -2.36. The molecule has 2 aliphatic rings. The number of oxime groups is 1. The molecule has 1 unspecified atom stereocenters. The van der Waals surface area contributed by atoms with Crippen molar-refractivity contribution in [3.05, 3.63) is 35.4 Å².